The van der Waals surface area contributed by atoms with Gasteiger partial charge in [-0.1, -0.05) is 18.2 Å². The van der Waals surface area contributed by atoms with Crippen LogP contribution in [0.5, 0.6) is 5.75 Å². The largest absolute Gasteiger partial charge is 0.497 e. The smallest absolute Gasteiger partial charge is 0.250 e. The summed E-state index contributed by atoms with van der Waals surface area (Å²) < 4.78 is 5.18. The van der Waals surface area contributed by atoms with Crippen molar-refractivity contribution >= 4 is 51.6 Å². The van der Waals surface area contributed by atoms with Gasteiger partial charge in [0.25, 0.3) is 0 Å². The molecular weight excluding hydrogens is 444 g/mol. The molecule has 0 saturated carbocycles. The molecule has 0 fully saturated rings. The summed E-state index contributed by atoms with van der Waals surface area (Å²) in [4.78, 5) is 19.3. The maximum absolute atomic E-state index is 12.3. The van der Waals surface area contributed by atoms with E-state index in [-0.39, 0.29) is 5.91 Å². The quantitative estimate of drug-likeness (QED) is 0.229. The minimum Gasteiger partial charge on any atom is -0.497 e. The van der Waals surface area contributed by atoms with Crippen molar-refractivity contribution in [1.29, 1.82) is 0 Å². The zero-order valence-corrected chi connectivity index (χ0v) is 19.2. The van der Waals surface area contributed by atoms with Crippen LogP contribution in [0.1, 0.15) is 10.4 Å². The Balaban J connectivity index is 1.30. The highest BCUT2D eigenvalue weighted by Gasteiger charge is 2.07. The van der Waals surface area contributed by atoms with E-state index in [1.807, 2.05) is 53.5 Å². The van der Waals surface area contributed by atoms with E-state index < -0.39 is 0 Å². The number of thiophene rings is 1. The van der Waals surface area contributed by atoms with Gasteiger partial charge in [-0.05, 0) is 59.5 Å². The standard InChI is InChI=1S/C24H20N2O2S3/c1-28-19-9-7-18(8-10-19)22-16-31-24(25-22)26-23(27)13-6-17-4-11-20(12-5-17)30-15-21-3-2-14-29-21/h2-14,16H,15H2,1H3,(H,25,26,27)/b13-6+. The SMILES string of the molecule is COc1ccc(-c2csc(NC(=O)/C=C/c3ccc(SCc4cccs4)cc3)n2)cc1. The number of thioether (sulfide) groups is 1. The van der Waals surface area contributed by atoms with Crippen molar-refractivity contribution in [3.63, 3.8) is 0 Å². The number of nitrogens with zero attached hydrogens (tertiary/aromatic N) is 1. The summed E-state index contributed by atoms with van der Waals surface area (Å²) in [7, 11) is 1.64. The molecular formula is C24H20N2O2S3. The molecule has 1 N–H and O–H groups in total. The van der Waals surface area contributed by atoms with Crippen LogP contribution in [-0.4, -0.2) is 18.0 Å². The molecule has 2 aromatic carbocycles. The fraction of sp³-hybridized carbons (Fsp3) is 0.0833. The number of carbonyl (C=O) groups excluding carboxylic acids is 1. The molecule has 0 unspecified atom stereocenters. The maximum atomic E-state index is 12.3. The van der Waals surface area contributed by atoms with Gasteiger partial charge in [0.05, 0.1) is 12.8 Å². The lowest BCUT2D eigenvalue weighted by molar-refractivity contribution is -0.111. The second-order valence-corrected chi connectivity index (χ2v) is 9.47. The lowest BCUT2D eigenvalue weighted by atomic mass is 10.2. The summed E-state index contributed by atoms with van der Waals surface area (Å²) in [6, 6.07) is 20.1. The zero-order valence-electron chi connectivity index (χ0n) is 16.8. The Labute approximate surface area is 193 Å². The lowest BCUT2D eigenvalue weighted by Gasteiger charge is -2.01. The van der Waals surface area contributed by atoms with E-state index in [1.165, 1.54) is 27.2 Å². The number of benzene rings is 2. The molecule has 156 valence electrons. The first kappa shape index (κ1) is 21.4. The van der Waals surface area contributed by atoms with Crippen LogP contribution in [0.2, 0.25) is 0 Å². The van der Waals surface area contributed by atoms with Gasteiger partial charge in [-0.25, -0.2) is 4.98 Å². The Kier molecular flexibility index (Phi) is 7.19. The molecule has 0 radical (unpaired) electrons. The predicted molar refractivity (Wildman–Crippen MR) is 132 cm³/mol. The summed E-state index contributed by atoms with van der Waals surface area (Å²) in [6.07, 6.45) is 3.34. The fourth-order valence-electron chi connectivity index (χ4n) is 2.77. The summed E-state index contributed by atoms with van der Waals surface area (Å²) in [5, 5.41) is 7.42. The molecule has 4 rings (SSSR count). The summed E-state index contributed by atoms with van der Waals surface area (Å²) in [5.74, 6) is 1.57. The van der Waals surface area contributed by atoms with Gasteiger partial charge in [0.2, 0.25) is 5.91 Å². The monoisotopic (exact) mass is 464 g/mol. The Morgan fingerprint density at radius 1 is 1.10 bits per heavy atom. The number of hydrogen-bond acceptors (Lipinski definition) is 6. The molecule has 2 heterocycles. The van der Waals surface area contributed by atoms with Gasteiger partial charge in [-0.15, -0.1) is 34.4 Å². The minimum absolute atomic E-state index is 0.202. The molecule has 0 aliphatic rings. The van der Waals surface area contributed by atoms with Crippen molar-refractivity contribution in [3.05, 3.63) is 87.9 Å². The molecule has 4 aromatic rings. The molecule has 0 atom stereocenters. The van der Waals surface area contributed by atoms with Crippen molar-refractivity contribution in [2.45, 2.75) is 10.6 Å². The van der Waals surface area contributed by atoms with Crippen LogP contribution < -0.4 is 10.1 Å². The van der Waals surface area contributed by atoms with E-state index in [2.05, 4.69) is 39.9 Å². The number of methoxy groups -OCH3 is 1. The van der Waals surface area contributed by atoms with Crippen LogP contribution in [0, 0.1) is 0 Å². The average Bonchev–Trinajstić information content (AvgIpc) is 3.49. The van der Waals surface area contributed by atoms with E-state index in [0.717, 1.165) is 28.3 Å². The third-order valence-corrected chi connectivity index (χ3v) is 7.27. The third-order valence-electron chi connectivity index (χ3n) is 4.39. The Morgan fingerprint density at radius 2 is 1.90 bits per heavy atom. The van der Waals surface area contributed by atoms with Crippen LogP contribution >= 0.6 is 34.4 Å². The van der Waals surface area contributed by atoms with Gasteiger partial charge in [0.15, 0.2) is 5.13 Å². The van der Waals surface area contributed by atoms with E-state index >= 15 is 0 Å². The van der Waals surface area contributed by atoms with Crippen molar-refractivity contribution in [1.82, 2.24) is 4.98 Å². The van der Waals surface area contributed by atoms with Gasteiger partial charge in [0.1, 0.15) is 5.75 Å². The van der Waals surface area contributed by atoms with Gasteiger partial charge in [-0.2, -0.15) is 0 Å². The number of anilines is 1. The predicted octanol–water partition coefficient (Wildman–Crippen LogP) is 6.82. The topological polar surface area (TPSA) is 51.2 Å². The molecule has 4 nitrogen and oxygen atoms in total. The molecule has 2 aromatic heterocycles. The molecule has 0 aliphatic carbocycles. The number of hydrogen-bond donors (Lipinski definition) is 1. The Bertz CT molecular complexity index is 1150. The van der Waals surface area contributed by atoms with E-state index in [0.29, 0.717) is 5.13 Å². The molecule has 0 aliphatic heterocycles. The Morgan fingerprint density at radius 3 is 2.61 bits per heavy atom. The molecule has 1 amide bonds. The van der Waals surface area contributed by atoms with Gasteiger partial charge < -0.3 is 4.74 Å². The zero-order chi connectivity index (χ0) is 21.5. The molecule has 31 heavy (non-hydrogen) atoms. The number of amides is 1. The first-order chi connectivity index (χ1) is 15.2. The van der Waals surface area contributed by atoms with Crippen molar-refractivity contribution in [3.8, 4) is 17.0 Å². The number of aromatic nitrogens is 1. The van der Waals surface area contributed by atoms with Gasteiger partial charge in [0, 0.05) is 32.5 Å². The number of rotatable bonds is 8. The summed E-state index contributed by atoms with van der Waals surface area (Å²) >= 11 is 4.98. The van der Waals surface area contributed by atoms with Crippen LogP contribution in [0.25, 0.3) is 17.3 Å². The van der Waals surface area contributed by atoms with Crippen LogP contribution in [0.3, 0.4) is 0 Å². The average molecular weight is 465 g/mol. The molecule has 0 saturated heterocycles. The lowest BCUT2D eigenvalue weighted by Crippen LogP contribution is -2.07. The van der Waals surface area contributed by atoms with Crippen molar-refractivity contribution < 1.29 is 9.53 Å². The first-order valence-corrected chi connectivity index (χ1v) is 12.3. The van der Waals surface area contributed by atoms with Gasteiger partial charge in [-0.3, -0.25) is 10.1 Å². The highest BCUT2D eigenvalue weighted by Crippen LogP contribution is 2.27. The van der Waals surface area contributed by atoms with E-state index in [4.69, 9.17) is 4.74 Å². The highest BCUT2D eigenvalue weighted by molar-refractivity contribution is 7.98. The van der Waals surface area contributed by atoms with E-state index in [9.17, 15) is 4.79 Å². The van der Waals surface area contributed by atoms with Crippen LogP contribution in [0.15, 0.2) is 82.4 Å². The summed E-state index contributed by atoms with van der Waals surface area (Å²) in [6.45, 7) is 0. The fourth-order valence-corrected chi connectivity index (χ4v) is 5.16. The van der Waals surface area contributed by atoms with Crippen LogP contribution in [0.4, 0.5) is 5.13 Å². The number of nitrogens with one attached hydrogen (secondary N) is 1. The van der Waals surface area contributed by atoms with Crippen molar-refractivity contribution in [2.75, 3.05) is 12.4 Å². The molecule has 0 spiro atoms. The molecule has 0 bridgehead atoms. The number of thiazole rings is 1. The second kappa shape index (κ2) is 10.4. The third kappa shape index (κ3) is 6.07. The minimum atomic E-state index is -0.202. The van der Waals surface area contributed by atoms with E-state index in [1.54, 1.807) is 24.5 Å². The second-order valence-electron chi connectivity index (χ2n) is 6.53. The number of ether oxygens (including phenoxy) is 1. The normalized spacial score (nSPS) is 11.0. The Hall–Kier alpha value is -2.87. The summed E-state index contributed by atoms with van der Waals surface area (Å²) in [5.41, 5.74) is 2.78. The first-order valence-electron chi connectivity index (χ1n) is 9.54. The molecule has 7 heteroatoms. The van der Waals surface area contributed by atoms with Gasteiger partial charge >= 0.3 is 0 Å². The van der Waals surface area contributed by atoms with Crippen LogP contribution in [-0.2, 0) is 10.5 Å². The van der Waals surface area contributed by atoms with Crippen molar-refractivity contribution in [2.24, 2.45) is 0 Å². The highest BCUT2D eigenvalue weighted by atomic mass is 32.2. The maximum Gasteiger partial charge on any atom is 0.250 e. The number of carbonyl (C=O) groups is 1.